The van der Waals surface area contributed by atoms with Gasteiger partial charge in [-0.05, 0) is 37.6 Å². The second-order valence-corrected chi connectivity index (χ2v) is 6.42. The Kier molecular flexibility index (Phi) is 6.18. The first-order valence-electron chi connectivity index (χ1n) is 9.15. The molecule has 0 unspecified atom stereocenters. The minimum absolute atomic E-state index is 0.109. The van der Waals surface area contributed by atoms with Crippen LogP contribution in [0, 0.1) is 10.1 Å². The maximum Gasteiger partial charge on any atom is 0.296 e. The highest BCUT2D eigenvalue weighted by Crippen LogP contribution is 2.32. The van der Waals surface area contributed by atoms with Crippen molar-refractivity contribution in [2.75, 3.05) is 17.7 Å². The van der Waals surface area contributed by atoms with Gasteiger partial charge in [0.05, 0.1) is 23.8 Å². The van der Waals surface area contributed by atoms with E-state index in [4.69, 9.17) is 4.74 Å². The molecule has 3 aromatic rings. The molecule has 9 heteroatoms. The van der Waals surface area contributed by atoms with Gasteiger partial charge in [0.25, 0.3) is 5.69 Å². The van der Waals surface area contributed by atoms with Crippen LogP contribution in [0.4, 0.5) is 23.1 Å². The van der Waals surface area contributed by atoms with Gasteiger partial charge in [0.2, 0.25) is 5.95 Å². The zero-order valence-corrected chi connectivity index (χ0v) is 16.4. The summed E-state index contributed by atoms with van der Waals surface area (Å²) in [7, 11) is 1.46. The number of anilines is 3. The largest absolute Gasteiger partial charge is 0.496 e. The number of nitrogens with zero attached hydrogens (tertiary/aromatic N) is 4. The Hall–Kier alpha value is -3.75. The van der Waals surface area contributed by atoms with Crippen molar-refractivity contribution >= 4 is 23.1 Å². The van der Waals surface area contributed by atoms with Gasteiger partial charge in [-0.1, -0.05) is 6.92 Å². The average molecular weight is 394 g/mol. The third-order valence-electron chi connectivity index (χ3n) is 4.34. The molecule has 1 atom stereocenters. The van der Waals surface area contributed by atoms with Gasteiger partial charge in [0.1, 0.15) is 17.3 Å². The summed E-state index contributed by atoms with van der Waals surface area (Å²) in [5, 5.41) is 17.8. The maximum atomic E-state index is 11.5. The van der Waals surface area contributed by atoms with Gasteiger partial charge in [-0.2, -0.15) is 4.98 Å². The molecule has 2 heterocycles. The van der Waals surface area contributed by atoms with Gasteiger partial charge < -0.3 is 15.4 Å². The Labute approximate surface area is 168 Å². The highest BCUT2D eigenvalue weighted by Gasteiger charge is 2.17. The first-order chi connectivity index (χ1) is 14.0. The zero-order chi connectivity index (χ0) is 20.8. The number of hydrogen-bond acceptors (Lipinski definition) is 8. The molecule has 2 aromatic heterocycles. The van der Waals surface area contributed by atoms with Crippen LogP contribution in [0.15, 0.2) is 48.8 Å². The van der Waals surface area contributed by atoms with E-state index in [0.29, 0.717) is 28.9 Å². The van der Waals surface area contributed by atoms with Gasteiger partial charge in [0.15, 0.2) is 0 Å². The van der Waals surface area contributed by atoms with Crippen LogP contribution in [0.3, 0.4) is 0 Å². The van der Waals surface area contributed by atoms with Gasteiger partial charge in [-0.3, -0.25) is 15.1 Å². The lowest BCUT2D eigenvalue weighted by atomic mass is 10.2. The van der Waals surface area contributed by atoms with Crippen molar-refractivity contribution in [2.45, 2.75) is 26.3 Å². The molecular formula is C20H22N6O3. The molecular weight excluding hydrogens is 372 g/mol. The fourth-order valence-electron chi connectivity index (χ4n) is 2.59. The normalized spacial score (nSPS) is 11.6. The van der Waals surface area contributed by atoms with Crippen molar-refractivity contribution in [3.63, 3.8) is 0 Å². The molecule has 150 valence electrons. The Balaban J connectivity index is 2.02. The number of pyridine rings is 1. The molecule has 1 aromatic carbocycles. The molecule has 0 bridgehead atoms. The topological polar surface area (TPSA) is 115 Å². The molecule has 0 spiro atoms. The lowest BCUT2D eigenvalue weighted by molar-refractivity contribution is -0.384. The van der Waals surface area contributed by atoms with Gasteiger partial charge >= 0.3 is 0 Å². The van der Waals surface area contributed by atoms with Crippen LogP contribution < -0.4 is 15.4 Å². The number of hydrogen-bond donors (Lipinski definition) is 2. The Bertz CT molecular complexity index is 997. The van der Waals surface area contributed by atoms with Crippen molar-refractivity contribution in [3.8, 4) is 17.0 Å². The standard InChI is InChI=1S/C20H22N6O3/c1-4-13(2)22-20-24-17(14-6-5-9-21-12-14)11-19(25-20)23-16-8-7-15(29-3)10-18(16)26(27)28/h5-13H,4H2,1-3H3,(H2,22,23,24,25)/t13-/m0/s1. The average Bonchev–Trinajstić information content (AvgIpc) is 2.74. The Morgan fingerprint density at radius 2 is 2.07 bits per heavy atom. The molecule has 2 N–H and O–H groups in total. The number of aromatic nitrogens is 3. The summed E-state index contributed by atoms with van der Waals surface area (Å²) >= 11 is 0. The fraction of sp³-hybridized carbons (Fsp3) is 0.250. The van der Waals surface area contributed by atoms with E-state index >= 15 is 0 Å². The fourth-order valence-corrected chi connectivity index (χ4v) is 2.59. The predicted octanol–water partition coefficient (Wildman–Crippen LogP) is 4.41. The van der Waals surface area contributed by atoms with E-state index in [1.165, 1.54) is 13.2 Å². The highest BCUT2D eigenvalue weighted by molar-refractivity contribution is 5.72. The number of methoxy groups -OCH3 is 1. The molecule has 9 nitrogen and oxygen atoms in total. The molecule has 0 aliphatic rings. The second-order valence-electron chi connectivity index (χ2n) is 6.42. The van der Waals surface area contributed by atoms with E-state index in [2.05, 4.69) is 32.5 Å². The number of rotatable bonds is 8. The predicted molar refractivity (Wildman–Crippen MR) is 112 cm³/mol. The molecule has 0 saturated heterocycles. The monoisotopic (exact) mass is 394 g/mol. The van der Waals surface area contributed by atoms with Crippen molar-refractivity contribution in [3.05, 3.63) is 58.9 Å². The number of benzene rings is 1. The molecule has 0 aliphatic heterocycles. The first-order valence-corrected chi connectivity index (χ1v) is 9.15. The number of ether oxygens (including phenoxy) is 1. The van der Waals surface area contributed by atoms with E-state index in [0.717, 1.165) is 12.0 Å². The zero-order valence-electron chi connectivity index (χ0n) is 16.4. The van der Waals surface area contributed by atoms with Crippen molar-refractivity contribution in [2.24, 2.45) is 0 Å². The van der Waals surface area contributed by atoms with Gasteiger partial charge in [-0.25, -0.2) is 4.98 Å². The van der Waals surface area contributed by atoms with Crippen molar-refractivity contribution in [1.82, 2.24) is 15.0 Å². The summed E-state index contributed by atoms with van der Waals surface area (Å²) in [5.41, 5.74) is 1.66. The summed E-state index contributed by atoms with van der Waals surface area (Å²) < 4.78 is 5.09. The summed E-state index contributed by atoms with van der Waals surface area (Å²) in [5.74, 6) is 1.26. The van der Waals surface area contributed by atoms with Crippen LogP contribution in [0.5, 0.6) is 5.75 Å². The summed E-state index contributed by atoms with van der Waals surface area (Å²) in [6.45, 7) is 4.09. The van der Waals surface area contributed by atoms with E-state index in [-0.39, 0.29) is 11.7 Å². The molecule has 0 fully saturated rings. The third kappa shape index (κ3) is 4.95. The quantitative estimate of drug-likeness (QED) is 0.426. The minimum Gasteiger partial charge on any atom is -0.496 e. The van der Waals surface area contributed by atoms with E-state index in [1.807, 2.05) is 19.1 Å². The highest BCUT2D eigenvalue weighted by atomic mass is 16.6. The van der Waals surface area contributed by atoms with E-state index in [1.54, 1.807) is 30.6 Å². The summed E-state index contributed by atoms with van der Waals surface area (Å²) in [6, 6.07) is 10.2. The van der Waals surface area contributed by atoms with Crippen molar-refractivity contribution < 1.29 is 9.66 Å². The lowest BCUT2D eigenvalue weighted by Gasteiger charge is -2.15. The Morgan fingerprint density at radius 1 is 1.24 bits per heavy atom. The molecule has 0 saturated carbocycles. The maximum absolute atomic E-state index is 11.5. The van der Waals surface area contributed by atoms with E-state index < -0.39 is 4.92 Å². The first kappa shape index (κ1) is 20.0. The van der Waals surface area contributed by atoms with Gasteiger partial charge in [0, 0.05) is 30.1 Å². The number of nitro groups is 1. The van der Waals surface area contributed by atoms with E-state index in [9.17, 15) is 10.1 Å². The van der Waals surface area contributed by atoms with Crippen LogP contribution >= 0.6 is 0 Å². The molecule has 29 heavy (non-hydrogen) atoms. The number of nitro benzene ring substituents is 1. The number of nitrogens with one attached hydrogen (secondary N) is 2. The second kappa shape index (κ2) is 8.96. The van der Waals surface area contributed by atoms with Gasteiger partial charge in [-0.15, -0.1) is 0 Å². The SMILES string of the molecule is CC[C@H](C)Nc1nc(Nc2ccc(OC)cc2[N+](=O)[O-])cc(-c2cccnc2)n1. The van der Waals surface area contributed by atoms with Crippen LogP contribution in [-0.4, -0.2) is 33.0 Å². The van der Waals surface area contributed by atoms with Crippen LogP contribution in [-0.2, 0) is 0 Å². The van der Waals surface area contributed by atoms with Crippen LogP contribution in [0.1, 0.15) is 20.3 Å². The van der Waals surface area contributed by atoms with Crippen LogP contribution in [0.2, 0.25) is 0 Å². The minimum atomic E-state index is -0.466. The van der Waals surface area contributed by atoms with Crippen molar-refractivity contribution in [1.29, 1.82) is 0 Å². The molecule has 3 rings (SSSR count). The van der Waals surface area contributed by atoms with Crippen LogP contribution in [0.25, 0.3) is 11.3 Å². The molecule has 0 radical (unpaired) electrons. The Morgan fingerprint density at radius 3 is 2.72 bits per heavy atom. The smallest absolute Gasteiger partial charge is 0.296 e. The molecule has 0 aliphatic carbocycles. The summed E-state index contributed by atoms with van der Waals surface area (Å²) in [6.07, 6.45) is 4.28. The molecule has 0 amide bonds. The summed E-state index contributed by atoms with van der Waals surface area (Å²) in [4.78, 5) is 24.2. The lowest BCUT2D eigenvalue weighted by Crippen LogP contribution is -2.16. The third-order valence-corrected chi connectivity index (χ3v) is 4.34.